The van der Waals surface area contributed by atoms with Gasteiger partial charge in [0, 0.05) is 11.5 Å². The molecule has 2 aliphatic heterocycles. The molecule has 4 rings (SSSR count). The number of hydrogen-bond donors (Lipinski definition) is 1. The molecule has 0 saturated heterocycles. The van der Waals surface area contributed by atoms with Crippen LogP contribution in [0.2, 0.25) is 0 Å². The Bertz CT molecular complexity index is 933. The van der Waals surface area contributed by atoms with Crippen molar-refractivity contribution in [1.82, 2.24) is 0 Å². The number of carbonyl (C=O) groups is 2. The Morgan fingerprint density at radius 1 is 1.04 bits per heavy atom. The van der Waals surface area contributed by atoms with Gasteiger partial charge in [0.1, 0.15) is 17.2 Å². The van der Waals surface area contributed by atoms with Crippen LogP contribution >= 0.6 is 0 Å². The molecule has 2 aliphatic rings. The van der Waals surface area contributed by atoms with Crippen molar-refractivity contribution >= 4 is 11.8 Å². The molecule has 2 aromatic rings. The summed E-state index contributed by atoms with van der Waals surface area (Å²) in [5, 5.41) is 9.52. The quantitative estimate of drug-likeness (QED) is 0.488. The molecule has 0 amide bonds. The first-order valence-corrected chi connectivity index (χ1v) is 8.02. The summed E-state index contributed by atoms with van der Waals surface area (Å²) in [6.45, 7) is 3.64. The lowest BCUT2D eigenvalue weighted by Crippen LogP contribution is -2.21. The zero-order valence-corrected chi connectivity index (χ0v) is 13.8. The smallest absolute Gasteiger partial charge is 0.312 e. The fraction of sp³-hybridized carbons (Fsp3) is 0.200. The summed E-state index contributed by atoms with van der Waals surface area (Å²) in [4.78, 5) is 24.6. The van der Waals surface area contributed by atoms with E-state index in [0.717, 1.165) is 11.1 Å². The predicted octanol–water partition coefficient (Wildman–Crippen LogP) is 3.70. The first-order chi connectivity index (χ1) is 12.0. The highest BCUT2D eigenvalue weighted by molar-refractivity contribution is 6.13. The summed E-state index contributed by atoms with van der Waals surface area (Å²) < 4.78 is 11.2. The Balaban J connectivity index is 1.91. The number of ether oxygens (including phenoxy) is 2. The third-order valence-corrected chi connectivity index (χ3v) is 4.50. The number of fused-ring (bicyclic) bond motifs is 3. The van der Waals surface area contributed by atoms with E-state index in [0.29, 0.717) is 28.4 Å². The van der Waals surface area contributed by atoms with Gasteiger partial charge in [0.05, 0.1) is 12.0 Å². The molecule has 25 heavy (non-hydrogen) atoms. The van der Waals surface area contributed by atoms with Crippen molar-refractivity contribution in [3.8, 4) is 17.2 Å². The van der Waals surface area contributed by atoms with Crippen molar-refractivity contribution in [1.29, 1.82) is 0 Å². The first kappa shape index (κ1) is 15.4. The van der Waals surface area contributed by atoms with Crippen molar-refractivity contribution in [2.45, 2.75) is 26.2 Å². The molecule has 1 atom stereocenters. The van der Waals surface area contributed by atoms with Crippen LogP contribution in [0.15, 0.2) is 47.7 Å². The normalized spacial score (nSPS) is 18.3. The molecule has 0 aromatic heterocycles. The van der Waals surface area contributed by atoms with Gasteiger partial charge in [0.2, 0.25) is 5.78 Å². The lowest BCUT2D eigenvalue weighted by Gasteiger charge is -2.26. The molecule has 0 fully saturated rings. The zero-order chi connectivity index (χ0) is 17.7. The summed E-state index contributed by atoms with van der Waals surface area (Å²) in [5.74, 6) is 0.566. The van der Waals surface area contributed by atoms with Crippen molar-refractivity contribution in [2.75, 3.05) is 0 Å². The van der Waals surface area contributed by atoms with E-state index in [9.17, 15) is 14.7 Å². The van der Waals surface area contributed by atoms with Gasteiger partial charge in [-0.3, -0.25) is 9.59 Å². The molecule has 0 radical (unpaired) electrons. The first-order valence-electron chi connectivity index (χ1n) is 8.02. The number of phenolic OH excluding ortho intramolecular Hbond substituents is 1. The number of esters is 1. The van der Waals surface area contributed by atoms with Gasteiger partial charge >= 0.3 is 5.97 Å². The van der Waals surface area contributed by atoms with E-state index in [1.165, 1.54) is 0 Å². The topological polar surface area (TPSA) is 72.8 Å². The molecular weight excluding hydrogens is 320 g/mol. The lowest BCUT2D eigenvalue weighted by molar-refractivity contribution is -0.135. The van der Waals surface area contributed by atoms with Crippen LogP contribution in [0.25, 0.3) is 0 Å². The maximum atomic E-state index is 12.6. The van der Waals surface area contributed by atoms with Crippen molar-refractivity contribution in [3.05, 3.63) is 64.4 Å². The molecule has 126 valence electrons. The summed E-state index contributed by atoms with van der Waals surface area (Å²) in [5.41, 5.74) is 2.83. The standard InChI is InChI=1S/C20H16O5/c1-10(2)19-18(23)13-7-8-15-17(20(13)25-19)14(9-16(22)24-15)11-3-5-12(21)6-4-11/h3-8,14,21H,9H2,1-2H3. The van der Waals surface area contributed by atoms with Crippen molar-refractivity contribution < 1.29 is 24.2 Å². The van der Waals surface area contributed by atoms with Crippen LogP contribution < -0.4 is 9.47 Å². The minimum atomic E-state index is -0.336. The highest BCUT2D eigenvalue weighted by atomic mass is 16.5. The van der Waals surface area contributed by atoms with E-state index in [1.807, 2.05) is 13.8 Å². The summed E-state index contributed by atoms with van der Waals surface area (Å²) >= 11 is 0. The Hall–Kier alpha value is -3.08. The van der Waals surface area contributed by atoms with Crippen LogP contribution in [-0.4, -0.2) is 16.9 Å². The lowest BCUT2D eigenvalue weighted by atomic mass is 9.84. The van der Waals surface area contributed by atoms with Crippen molar-refractivity contribution in [2.24, 2.45) is 0 Å². The Labute approximate surface area is 144 Å². The molecule has 1 N–H and O–H groups in total. The number of phenols is 1. The maximum absolute atomic E-state index is 12.6. The second-order valence-electron chi connectivity index (χ2n) is 6.44. The van der Waals surface area contributed by atoms with E-state index < -0.39 is 0 Å². The van der Waals surface area contributed by atoms with Crippen LogP contribution in [0.4, 0.5) is 0 Å². The second kappa shape index (κ2) is 5.48. The fourth-order valence-corrected chi connectivity index (χ4v) is 3.31. The van der Waals surface area contributed by atoms with E-state index >= 15 is 0 Å². The Morgan fingerprint density at radius 3 is 2.44 bits per heavy atom. The van der Waals surface area contributed by atoms with Crippen LogP contribution in [0.1, 0.15) is 47.7 Å². The molecule has 5 heteroatoms. The van der Waals surface area contributed by atoms with E-state index in [1.54, 1.807) is 36.4 Å². The Kier molecular flexibility index (Phi) is 3.39. The average Bonchev–Trinajstić information content (AvgIpc) is 2.92. The molecule has 0 aliphatic carbocycles. The van der Waals surface area contributed by atoms with E-state index in [2.05, 4.69) is 0 Å². The largest absolute Gasteiger partial charge is 0.508 e. The zero-order valence-electron chi connectivity index (χ0n) is 13.8. The SMILES string of the molecule is CC(C)=C1Oc2c(ccc3c2C(c2ccc(O)cc2)CC(=O)O3)C1=O. The van der Waals surface area contributed by atoms with Crippen LogP contribution in [0.5, 0.6) is 17.2 Å². The maximum Gasteiger partial charge on any atom is 0.312 e. The number of Topliss-reactive ketones (excluding diaryl/α,β-unsaturated/α-hetero) is 1. The van der Waals surface area contributed by atoms with E-state index in [-0.39, 0.29) is 29.8 Å². The third kappa shape index (κ3) is 2.39. The van der Waals surface area contributed by atoms with Gasteiger partial charge < -0.3 is 14.6 Å². The van der Waals surface area contributed by atoms with Gasteiger partial charge in [0.15, 0.2) is 5.76 Å². The molecular formula is C20H16O5. The van der Waals surface area contributed by atoms with Gasteiger partial charge in [-0.25, -0.2) is 0 Å². The second-order valence-corrected chi connectivity index (χ2v) is 6.44. The van der Waals surface area contributed by atoms with Gasteiger partial charge in [-0.05, 0) is 49.2 Å². The molecule has 2 aromatic carbocycles. The molecule has 0 saturated carbocycles. The number of allylic oxidation sites excluding steroid dienone is 2. The molecule has 5 nitrogen and oxygen atoms in total. The number of aromatic hydroxyl groups is 1. The van der Waals surface area contributed by atoms with E-state index in [4.69, 9.17) is 9.47 Å². The molecule has 2 heterocycles. The Morgan fingerprint density at radius 2 is 1.76 bits per heavy atom. The number of carbonyl (C=O) groups excluding carboxylic acids is 2. The number of ketones is 1. The number of benzene rings is 2. The minimum Gasteiger partial charge on any atom is -0.508 e. The van der Waals surface area contributed by atoms with Gasteiger partial charge in [-0.2, -0.15) is 0 Å². The minimum absolute atomic E-state index is 0.149. The fourth-order valence-electron chi connectivity index (χ4n) is 3.31. The highest BCUT2D eigenvalue weighted by Gasteiger charge is 2.38. The van der Waals surface area contributed by atoms with Crippen LogP contribution in [0, 0.1) is 0 Å². The molecule has 0 bridgehead atoms. The van der Waals surface area contributed by atoms with Crippen LogP contribution in [-0.2, 0) is 4.79 Å². The number of rotatable bonds is 1. The highest BCUT2D eigenvalue weighted by Crippen LogP contribution is 2.49. The van der Waals surface area contributed by atoms with Gasteiger partial charge in [-0.15, -0.1) is 0 Å². The van der Waals surface area contributed by atoms with Crippen molar-refractivity contribution in [3.63, 3.8) is 0 Å². The monoisotopic (exact) mass is 336 g/mol. The van der Waals surface area contributed by atoms with Crippen LogP contribution in [0.3, 0.4) is 0 Å². The summed E-state index contributed by atoms with van der Waals surface area (Å²) in [6.07, 6.45) is 0.149. The summed E-state index contributed by atoms with van der Waals surface area (Å²) in [7, 11) is 0. The number of hydrogen-bond acceptors (Lipinski definition) is 5. The third-order valence-electron chi connectivity index (χ3n) is 4.50. The predicted molar refractivity (Wildman–Crippen MR) is 90.0 cm³/mol. The van der Waals surface area contributed by atoms with Gasteiger partial charge in [-0.1, -0.05) is 12.1 Å². The summed E-state index contributed by atoms with van der Waals surface area (Å²) in [6, 6.07) is 9.96. The molecule has 1 unspecified atom stereocenters. The average molecular weight is 336 g/mol. The molecule has 0 spiro atoms. The van der Waals surface area contributed by atoms with Gasteiger partial charge in [0.25, 0.3) is 0 Å².